The minimum atomic E-state index is -2.35. The maximum atomic E-state index is 12.2. The number of aryl methyl sites for hydroxylation is 2. The summed E-state index contributed by atoms with van der Waals surface area (Å²) >= 11 is 0. The zero-order chi connectivity index (χ0) is 10.4. The van der Waals surface area contributed by atoms with Gasteiger partial charge in [-0.05, 0) is 19.4 Å². The van der Waals surface area contributed by atoms with E-state index in [-0.39, 0.29) is 5.56 Å². The zero-order valence-electron chi connectivity index (χ0n) is 8.57. The summed E-state index contributed by atoms with van der Waals surface area (Å²) in [6.07, 6.45) is -2.35. The van der Waals surface area contributed by atoms with Crippen molar-refractivity contribution in [2.45, 2.75) is 34.1 Å². The van der Waals surface area contributed by atoms with Gasteiger partial charge in [0, 0.05) is 5.56 Å². The van der Waals surface area contributed by atoms with Crippen molar-refractivity contribution >= 4 is 0 Å². The molecule has 2 heteroatoms. The van der Waals surface area contributed by atoms with Gasteiger partial charge in [-0.3, -0.25) is 0 Å². The van der Waals surface area contributed by atoms with Crippen LogP contribution in [-0.2, 0) is 0 Å². The first-order chi connectivity index (χ1) is 6.11. The Labute approximate surface area is 78.6 Å². The molecule has 0 aliphatic heterocycles. The molecule has 0 heterocycles. The Hall–Kier alpha value is -0.920. The van der Waals surface area contributed by atoms with Gasteiger partial charge in [0.2, 0.25) is 0 Å². The minimum Gasteiger partial charge on any atom is -0.205 e. The Morgan fingerprint density at radius 2 is 1.62 bits per heavy atom. The molecular weight excluding hydrogens is 170 g/mol. The predicted octanol–water partition coefficient (Wildman–Crippen LogP) is 4.27. The van der Waals surface area contributed by atoms with Gasteiger partial charge in [0.15, 0.2) is 0 Å². The zero-order valence-corrected chi connectivity index (χ0v) is 8.57. The lowest BCUT2D eigenvalue weighted by atomic mass is 10.1. The summed E-state index contributed by atoms with van der Waals surface area (Å²) in [5.41, 5.74) is 1.68. The number of rotatable bonds is 1. The van der Waals surface area contributed by atoms with Crippen LogP contribution >= 0.6 is 0 Å². The number of halogens is 2. The summed E-state index contributed by atoms with van der Waals surface area (Å²) in [6, 6.07) is 5.08. The molecule has 74 valence electrons. The lowest BCUT2D eigenvalue weighted by molar-refractivity contribution is 0.150. The molecule has 0 aliphatic rings. The molecule has 1 rings (SSSR count). The van der Waals surface area contributed by atoms with Crippen LogP contribution in [0.25, 0.3) is 0 Å². The lowest BCUT2D eigenvalue weighted by Gasteiger charge is -2.04. The molecule has 1 aromatic rings. The summed E-state index contributed by atoms with van der Waals surface area (Å²) in [5, 5.41) is 0. The summed E-state index contributed by atoms with van der Waals surface area (Å²) in [5.74, 6) is 0. The van der Waals surface area contributed by atoms with E-state index in [1.165, 1.54) is 6.07 Å². The number of benzene rings is 1. The Bertz CT molecular complexity index is 254. The average Bonchev–Trinajstić information content (AvgIpc) is 2.12. The van der Waals surface area contributed by atoms with Crippen LogP contribution in [0.4, 0.5) is 8.78 Å². The van der Waals surface area contributed by atoms with Gasteiger partial charge in [-0.25, -0.2) is 8.78 Å². The highest BCUT2D eigenvalue weighted by Gasteiger charge is 2.09. The van der Waals surface area contributed by atoms with E-state index in [1.54, 1.807) is 13.0 Å². The third-order valence-electron chi connectivity index (χ3n) is 1.67. The van der Waals surface area contributed by atoms with Crippen molar-refractivity contribution in [2.75, 3.05) is 0 Å². The molecule has 0 aromatic heterocycles. The van der Waals surface area contributed by atoms with Crippen LogP contribution in [0.1, 0.15) is 37.0 Å². The molecule has 0 spiro atoms. The fourth-order valence-corrected chi connectivity index (χ4v) is 0.995. The van der Waals surface area contributed by atoms with E-state index in [1.807, 2.05) is 26.8 Å². The van der Waals surface area contributed by atoms with E-state index in [9.17, 15) is 8.78 Å². The smallest absolute Gasteiger partial charge is 0.205 e. The van der Waals surface area contributed by atoms with Crippen LogP contribution in [0, 0.1) is 13.8 Å². The second kappa shape index (κ2) is 5.68. The third-order valence-corrected chi connectivity index (χ3v) is 1.67. The van der Waals surface area contributed by atoms with E-state index in [0.717, 1.165) is 5.56 Å². The quantitative estimate of drug-likeness (QED) is 0.614. The Morgan fingerprint density at radius 3 is 2.00 bits per heavy atom. The maximum Gasteiger partial charge on any atom is 0.264 e. The highest BCUT2D eigenvalue weighted by atomic mass is 19.3. The van der Waals surface area contributed by atoms with E-state index >= 15 is 0 Å². The van der Waals surface area contributed by atoms with Crippen molar-refractivity contribution in [3.8, 4) is 0 Å². The molecule has 0 radical (unpaired) electrons. The summed E-state index contributed by atoms with van der Waals surface area (Å²) in [4.78, 5) is 0. The van der Waals surface area contributed by atoms with Gasteiger partial charge in [-0.15, -0.1) is 0 Å². The van der Waals surface area contributed by atoms with E-state index in [0.29, 0.717) is 5.56 Å². The highest BCUT2D eigenvalue weighted by molar-refractivity contribution is 5.31. The van der Waals surface area contributed by atoms with E-state index < -0.39 is 6.43 Å². The van der Waals surface area contributed by atoms with Gasteiger partial charge in [0.05, 0.1) is 0 Å². The number of hydrogen-bond acceptors (Lipinski definition) is 0. The summed E-state index contributed by atoms with van der Waals surface area (Å²) in [6.45, 7) is 7.51. The van der Waals surface area contributed by atoms with Crippen molar-refractivity contribution in [1.82, 2.24) is 0 Å². The highest BCUT2D eigenvalue weighted by Crippen LogP contribution is 2.22. The molecule has 0 bridgehead atoms. The first kappa shape index (κ1) is 12.1. The summed E-state index contributed by atoms with van der Waals surface area (Å²) < 4.78 is 24.4. The van der Waals surface area contributed by atoms with Crippen LogP contribution in [0.3, 0.4) is 0 Å². The predicted molar refractivity (Wildman–Crippen MR) is 52.2 cm³/mol. The van der Waals surface area contributed by atoms with Gasteiger partial charge < -0.3 is 0 Å². The SMILES string of the molecule is CC.Cc1ccc(C)c(C(F)F)c1. The second-order valence-corrected chi connectivity index (χ2v) is 2.66. The van der Waals surface area contributed by atoms with Gasteiger partial charge in [0.25, 0.3) is 6.43 Å². The van der Waals surface area contributed by atoms with Gasteiger partial charge in [-0.1, -0.05) is 37.6 Å². The monoisotopic (exact) mass is 186 g/mol. The molecular formula is C11H16F2. The van der Waals surface area contributed by atoms with Crippen molar-refractivity contribution in [3.63, 3.8) is 0 Å². The van der Waals surface area contributed by atoms with Crippen molar-refractivity contribution < 1.29 is 8.78 Å². The van der Waals surface area contributed by atoms with Crippen molar-refractivity contribution in [2.24, 2.45) is 0 Å². The lowest BCUT2D eigenvalue weighted by Crippen LogP contribution is -1.89. The van der Waals surface area contributed by atoms with Crippen LogP contribution in [0.5, 0.6) is 0 Å². The Morgan fingerprint density at radius 1 is 1.08 bits per heavy atom. The third kappa shape index (κ3) is 3.53. The Balaban J connectivity index is 0.000000671. The molecule has 0 atom stereocenters. The molecule has 0 unspecified atom stereocenters. The molecule has 0 fully saturated rings. The first-order valence-electron chi connectivity index (χ1n) is 4.46. The average molecular weight is 186 g/mol. The standard InChI is InChI=1S/C9H10F2.C2H6/c1-6-3-4-7(2)8(5-6)9(10)11;1-2/h3-5,9H,1-2H3;1-2H3. The molecule has 0 saturated heterocycles. The maximum absolute atomic E-state index is 12.2. The van der Waals surface area contributed by atoms with Gasteiger partial charge in [-0.2, -0.15) is 0 Å². The fraction of sp³-hybridized carbons (Fsp3) is 0.455. The topological polar surface area (TPSA) is 0 Å². The minimum absolute atomic E-state index is 0.144. The number of hydrogen-bond donors (Lipinski definition) is 0. The second-order valence-electron chi connectivity index (χ2n) is 2.66. The molecule has 0 N–H and O–H groups in total. The fourth-order valence-electron chi connectivity index (χ4n) is 0.995. The van der Waals surface area contributed by atoms with Crippen LogP contribution in [-0.4, -0.2) is 0 Å². The van der Waals surface area contributed by atoms with Crippen LogP contribution in [0.15, 0.2) is 18.2 Å². The molecule has 1 aromatic carbocycles. The largest absolute Gasteiger partial charge is 0.264 e. The summed E-state index contributed by atoms with van der Waals surface area (Å²) in [7, 11) is 0. The first-order valence-corrected chi connectivity index (χ1v) is 4.46. The molecule has 0 amide bonds. The van der Waals surface area contributed by atoms with Crippen LogP contribution < -0.4 is 0 Å². The van der Waals surface area contributed by atoms with E-state index in [2.05, 4.69) is 0 Å². The van der Waals surface area contributed by atoms with E-state index in [4.69, 9.17) is 0 Å². The van der Waals surface area contributed by atoms with Crippen molar-refractivity contribution in [3.05, 3.63) is 34.9 Å². The molecule has 0 saturated carbocycles. The van der Waals surface area contributed by atoms with Crippen molar-refractivity contribution in [1.29, 1.82) is 0 Å². The Kier molecular flexibility index (Phi) is 5.28. The molecule has 0 nitrogen and oxygen atoms in total. The molecule has 13 heavy (non-hydrogen) atoms. The van der Waals surface area contributed by atoms with Crippen LogP contribution in [0.2, 0.25) is 0 Å². The number of alkyl halides is 2. The van der Waals surface area contributed by atoms with Gasteiger partial charge >= 0.3 is 0 Å². The van der Waals surface area contributed by atoms with Gasteiger partial charge in [0.1, 0.15) is 0 Å². The molecule has 0 aliphatic carbocycles. The normalized spacial score (nSPS) is 9.46.